The highest BCUT2D eigenvalue weighted by atomic mass is 14.2. The van der Waals surface area contributed by atoms with Gasteiger partial charge in [-0.25, -0.2) is 0 Å². The van der Waals surface area contributed by atoms with Crippen LogP contribution in [-0.4, -0.2) is 0 Å². The molecule has 0 saturated heterocycles. The van der Waals surface area contributed by atoms with Crippen LogP contribution >= 0.6 is 0 Å². The average Bonchev–Trinajstić information content (AvgIpc) is 2.93. The van der Waals surface area contributed by atoms with E-state index in [4.69, 9.17) is 0 Å². The quantitative estimate of drug-likeness (QED) is 0.471. The molecule has 0 radical (unpaired) electrons. The maximum Gasteiger partial charge on any atom is -0.00992 e. The summed E-state index contributed by atoms with van der Waals surface area (Å²) in [4.78, 5) is 0. The molecule has 0 amide bonds. The van der Waals surface area contributed by atoms with Crippen LogP contribution in [0.2, 0.25) is 0 Å². The lowest BCUT2D eigenvalue weighted by molar-refractivity contribution is 1.22. The van der Waals surface area contributed by atoms with Crippen molar-refractivity contribution >= 4 is 5.57 Å². The summed E-state index contributed by atoms with van der Waals surface area (Å²) in [5.74, 6) is 0. The van der Waals surface area contributed by atoms with E-state index in [0.29, 0.717) is 0 Å². The minimum absolute atomic E-state index is 0.997. The van der Waals surface area contributed by atoms with Gasteiger partial charge in [0.2, 0.25) is 0 Å². The Kier molecular flexibility index (Phi) is 4.66. The van der Waals surface area contributed by atoms with E-state index in [1.54, 1.807) is 0 Å². The standard InChI is InChI=1S/C26H22/c1-20-10-9-13-22(19-18-20)24-15-6-8-17-26(24)25-16-7-5-14-23(25)21-11-3-2-4-12-21/h2-17,19H,18H2,1H3. The molecule has 1 aliphatic rings. The number of rotatable bonds is 3. The minimum atomic E-state index is 0.997. The largest absolute Gasteiger partial charge is 0.0726 e. The molecule has 0 aliphatic heterocycles. The molecule has 0 fully saturated rings. The number of hydrogen-bond donors (Lipinski definition) is 0. The molecule has 0 nitrogen and oxygen atoms in total. The molecule has 0 aromatic heterocycles. The van der Waals surface area contributed by atoms with E-state index in [0.717, 1.165) is 6.42 Å². The van der Waals surface area contributed by atoms with Crippen LogP contribution in [0.1, 0.15) is 18.9 Å². The van der Waals surface area contributed by atoms with Gasteiger partial charge in [-0.2, -0.15) is 0 Å². The first-order chi connectivity index (χ1) is 12.8. The van der Waals surface area contributed by atoms with Crippen LogP contribution in [0.15, 0.2) is 109 Å². The summed E-state index contributed by atoms with van der Waals surface area (Å²) in [6.45, 7) is 2.18. The summed E-state index contributed by atoms with van der Waals surface area (Å²) in [5, 5.41) is 0. The minimum Gasteiger partial charge on any atom is -0.0726 e. The van der Waals surface area contributed by atoms with E-state index >= 15 is 0 Å². The zero-order chi connectivity index (χ0) is 17.8. The lowest BCUT2D eigenvalue weighted by Gasteiger charge is -2.15. The van der Waals surface area contributed by atoms with Gasteiger partial charge in [0.15, 0.2) is 0 Å². The summed E-state index contributed by atoms with van der Waals surface area (Å²) in [6, 6.07) is 28.0. The summed E-state index contributed by atoms with van der Waals surface area (Å²) in [5.41, 5.74) is 9.04. The molecule has 0 heteroatoms. The Hall–Kier alpha value is -3.12. The van der Waals surface area contributed by atoms with Crippen molar-refractivity contribution in [2.45, 2.75) is 13.3 Å². The van der Waals surface area contributed by atoms with Crippen molar-refractivity contribution in [1.82, 2.24) is 0 Å². The second-order valence-corrected chi connectivity index (χ2v) is 6.69. The molecule has 0 spiro atoms. The number of hydrogen-bond acceptors (Lipinski definition) is 0. The molecule has 3 aromatic rings. The zero-order valence-corrected chi connectivity index (χ0v) is 15.0. The molecule has 126 valence electrons. The van der Waals surface area contributed by atoms with Gasteiger partial charge in [0.1, 0.15) is 0 Å². The highest BCUT2D eigenvalue weighted by Crippen LogP contribution is 2.37. The second kappa shape index (κ2) is 7.41. The van der Waals surface area contributed by atoms with Crippen molar-refractivity contribution in [1.29, 1.82) is 0 Å². The molecule has 0 saturated carbocycles. The van der Waals surface area contributed by atoms with E-state index in [-0.39, 0.29) is 0 Å². The van der Waals surface area contributed by atoms with E-state index in [1.165, 1.54) is 39.0 Å². The third-order valence-corrected chi connectivity index (χ3v) is 4.84. The van der Waals surface area contributed by atoms with E-state index in [9.17, 15) is 0 Å². The SMILES string of the molecule is CC1=CC=CC(c2ccccc2-c2ccccc2-c2ccccc2)=CC1. The Morgan fingerprint density at radius 2 is 1.19 bits per heavy atom. The van der Waals surface area contributed by atoms with Crippen LogP contribution in [0.25, 0.3) is 27.8 Å². The van der Waals surface area contributed by atoms with Crippen LogP contribution in [0, 0.1) is 0 Å². The monoisotopic (exact) mass is 334 g/mol. The Labute approximate surface area is 155 Å². The fraction of sp³-hybridized carbons (Fsp3) is 0.0769. The Balaban J connectivity index is 1.87. The van der Waals surface area contributed by atoms with Crippen molar-refractivity contribution < 1.29 is 0 Å². The molecule has 4 rings (SSSR count). The maximum absolute atomic E-state index is 2.33. The zero-order valence-electron chi connectivity index (χ0n) is 15.0. The fourth-order valence-electron chi connectivity index (χ4n) is 3.48. The molecule has 0 heterocycles. The van der Waals surface area contributed by atoms with Gasteiger partial charge in [0.05, 0.1) is 0 Å². The molecule has 26 heavy (non-hydrogen) atoms. The fourth-order valence-corrected chi connectivity index (χ4v) is 3.48. The average molecular weight is 334 g/mol. The second-order valence-electron chi connectivity index (χ2n) is 6.69. The molecule has 0 bridgehead atoms. The van der Waals surface area contributed by atoms with Gasteiger partial charge in [-0.3, -0.25) is 0 Å². The van der Waals surface area contributed by atoms with Crippen LogP contribution in [0.3, 0.4) is 0 Å². The molecule has 3 aromatic carbocycles. The van der Waals surface area contributed by atoms with Crippen LogP contribution < -0.4 is 0 Å². The van der Waals surface area contributed by atoms with Crippen molar-refractivity contribution in [2.75, 3.05) is 0 Å². The summed E-state index contributed by atoms with van der Waals surface area (Å²) >= 11 is 0. The first-order valence-corrected chi connectivity index (χ1v) is 9.11. The molecular weight excluding hydrogens is 312 g/mol. The van der Waals surface area contributed by atoms with Crippen molar-refractivity contribution in [3.63, 3.8) is 0 Å². The first kappa shape index (κ1) is 16.4. The topological polar surface area (TPSA) is 0 Å². The summed E-state index contributed by atoms with van der Waals surface area (Å²) in [6.07, 6.45) is 9.91. The van der Waals surface area contributed by atoms with Gasteiger partial charge >= 0.3 is 0 Å². The van der Waals surface area contributed by atoms with Gasteiger partial charge in [0, 0.05) is 0 Å². The first-order valence-electron chi connectivity index (χ1n) is 9.11. The highest BCUT2D eigenvalue weighted by Gasteiger charge is 2.12. The van der Waals surface area contributed by atoms with Crippen LogP contribution in [-0.2, 0) is 0 Å². The third-order valence-electron chi connectivity index (χ3n) is 4.84. The molecule has 0 unspecified atom stereocenters. The van der Waals surface area contributed by atoms with Gasteiger partial charge in [-0.05, 0) is 46.7 Å². The summed E-state index contributed by atoms with van der Waals surface area (Å²) < 4.78 is 0. The third kappa shape index (κ3) is 3.32. The van der Waals surface area contributed by atoms with E-state index in [1.807, 2.05) is 0 Å². The Morgan fingerprint density at radius 3 is 1.92 bits per heavy atom. The van der Waals surface area contributed by atoms with E-state index in [2.05, 4.69) is 110 Å². The van der Waals surface area contributed by atoms with Crippen molar-refractivity contribution in [3.05, 3.63) is 114 Å². The molecular formula is C26H22. The Morgan fingerprint density at radius 1 is 0.615 bits per heavy atom. The normalized spacial score (nSPS) is 13.7. The summed E-state index contributed by atoms with van der Waals surface area (Å²) in [7, 11) is 0. The van der Waals surface area contributed by atoms with Crippen molar-refractivity contribution in [2.24, 2.45) is 0 Å². The Bertz CT molecular complexity index is 1000. The van der Waals surface area contributed by atoms with Gasteiger partial charge < -0.3 is 0 Å². The van der Waals surface area contributed by atoms with Gasteiger partial charge in [0.25, 0.3) is 0 Å². The molecule has 1 aliphatic carbocycles. The predicted octanol–water partition coefficient (Wildman–Crippen LogP) is 7.31. The smallest absolute Gasteiger partial charge is 0.00992 e. The molecule has 0 N–H and O–H groups in total. The molecule has 0 atom stereocenters. The number of benzene rings is 3. The highest BCUT2D eigenvalue weighted by molar-refractivity contribution is 5.92. The van der Waals surface area contributed by atoms with Crippen LogP contribution in [0.4, 0.5) is 0 Å². The van der Waals surface area contributed by atoms with Crippen molar-refractivity contribution in [3.8, 4) is 22.3 Å². The van der Waals surface area contributed by atoms with Crippen LogP contribution in [0.5, 0.6) is 0 Å². The maximum atomic E-state index is 2.33. The number of allylic oxidation sites excluding steroid dienone is 6. The predicted molar refractivity (Wildman–Crippen MR) is 113 cm³/mol. The lowest BCUT2D eigenvalue weighted by atomic mass is 9.89. The van der Waals surface area contributed by atoms with E-state index < -0.39 is 0 Å². The van der Waals surface area contributed by atoms with Gasteiger partial charge in [-0.15, -0.1) is 0 Å². The van der Waals surface area contributed by atoms with Gasteiger partial charge in [-0.1, -0.05) is 109 Å². The lowest BCUT2D eigenvalue weighted by Crippen LogP contribution is -1.91.